The summed E-state index contributed by atoms with van der Waals surface area (Å²) in [5.41, 5.74) is 1.20. The van der Waals surface area contributed by atoms with Crippen molar-refractivity contribution in [3.05, 3.63) is 29.8 Å². The summed E-state index contributed by atoms with van der Waals surface area (Å²) >= 11 is 3.28. The van der Waals surface area contributed by atoms with Gasteiger partial charge in [-0.2, -0.15) is 0 Å². The Bertz CT molecular complexity index is 314. The predicted octanol–water partition coefficient (Wildman–Crippen LogP) is 1.99. The van der Waals surface area contributed by atoms with Crippen LogP contribution in [0.25, 0.3) is 0 Å². The Balaban J connectivity index is 2.13. The second kappa shape index (κ2) is 4.32. The Morgan fingerprint density at radius 2 is 2.29 bits per heavy atom. The molecule has 76 valence electrons. The molecule has 2 atom stereocenters. The summed E-state index contributed by atoms with van der Waals surface area (Å²) in [6.45, 7) is 0.615. The number of fused-ring (bicyclic) bond motifs is 1. The van der Waals surface area contributed by atoms with E-state index in [4.69, 9.17) is 4.74 Å². The zero-order valence-electron chi connectivity index (χ0n) is 7.82. The van der Waals surface area contributed by atoms with Crippen LogP contribution in [0.15, 0.2) is 24.3 Å². The fraction of sp³-hybridized carbons (Fsp3) is 0.455. The second-order valence-corrected chi connectivity index (χ2v) is 4.25. The van der Waals surface area contributed by atoms with Gasteiger partial charge in [0.2, 0.25) is 0 Å². The zero-order chi connectivity index (χ0) is 9.97. The van der Waals surface area contributed by atoms with E-state index in [-0.39, 0.29) is 12.0 Å². The molecule has 0 aromatic heterocycles. The number of rotatable bonds is 2. The summed E-state index contributed by atoms with van der Waals surface area (Å²) in [6.07, 6.45) is 0.589. The van der Waals surface area contributed by atoms with Gasteiger partial charge in [-0.05, 0) is 18.1 Å². The Kier molecular flexibility index (Phi) is 3.08. The van der Waals surface area contributed by atoms with Gasteiger partial charge in [0.1, 0.15) is 5.75 Å². The van der Waals surface area contributed by atoms with Crippen molar-refractivity contribution in [2.24, 2.45) is 5.92 Å². The fourth-order valence-electron chi connectivity index (χ4n) is 1.72. The minimum atomic E-state index is -0.316. The van der Waals surface area contributed by atoms with Crippen molar-refractivity contribution < 1.29 is 9.84 Å². The van der Waals surface area contributed by atoms with Crippen LogP contribution in [0.1, 0.15) is 5.56 Å². The monoisotopic (exact) mass is 256 g/mol. The molecule has 0 saturated carbocycles. The number of halogens is 1. The summed E-state index contributed by atoms with van der Waals surface area (Å²) in [5, 5.41) is 10.3. The van der Waals surface area contributed by atoms with Crippen molar-refractivity contribution in [1.29, 1.82) is 0 Å². The highest BCUT2D eigenvalue weighted by molar-refractivity contribution is 9.09. The molecule has 1 N–H and O–H groups in total. The van der Waals surface area contributed by atoms with E-state index in [0.717, 1.165) is 12.2 Å². The van der Waals surface area contributed by atoms with Crippen molar-refractivity contribution in [3.8, 4) is 5.75 Å². The van der Waals surface area contributed by atoms with Gasteiger partial charge >= 0.3 is 0 Å². The first-order chi connectivity index (χ1) is 6.81. The van der Waals surface area contributed by atoms with Gasteiger partial charge < -0.3 is 9.84 Å². The van der Waals surface area contributed by atoms with Crippen molar-refractivity contribution in [2.45, 2.75) is 12.5 Å². The Morgan fingerprint density at radius 3 is 3.07 bits per heavy atom. The highest BCUT2D eigenvalue weighted by atomic mass is 79.9. The van der Waals surface area contributed by atoms with Gasteiger partial charge in [0.15, 0.2) is 0 Å². The molecule has 2 nitrogen and oxygen atoms in total. The van der Waals surface area contributed by atoms with Gasteiger partial charge in [-0.1, -0.05) is 34.1 Å². The highest BCUT2D eigenvalue weighted by Gasteiger charge is 2.24. The Morgan fingerprint density at radius 1 is 1.50 bits per heavy atom. The smallest absolute Gasteiger partial charge is 0.122 e. The van der Waals surface area contributed by atoms with Crippen molar-refractivity contribution in [2.75, 3.05) is 11.9 Å². The molecule has 0 bridgehead atoms. The molecular weight excluding hydrogens is 244 g/mol. The first-order valence-electron chi connectivity index (χ1n) is 4.76. The van der Waals surface area contributed by atoms with E-state index in [0.29, 0.717) is 11.9 Å². The maximum atomic E-state index is 9.68. The molecule has 1 aliphatic rings. The lowest BCUT2D eigenvalue weighted by Gasteiger charge is -2.27. The van der Waals surface area contributed by atoms with Crippen molar-refractivity contribution >= 4 is 15.9 Å². The first kappa shape index (κ1) is 9.99. The van der Waals surface area contributed by atoms with Gasteiger partial charge in [0.05, 0.1) is 12.7 Å². The normalized spacial score (nSPS) is 22.3. The van der Waals surface area contributed by atoms with Crippen LogP contribution < -0.4 is 4.74 Å². The third-order valence-corrected chi connectivity index (χ3v) is 3.27. The van der Waals surface area contributed by atoms with Crippen LogP contribution in [-0.2, 0) is 6.42 Å². The van der Waals surface area contributed by atoms with Crippen LogP contribution in [0.3, 0.4) is 0 Å². The molecule has 0 spiro atoms. The Hall–Kier alpha value is -0.540. The SMILES string of the molecule is OC(CBr)C1COc2ccccc2C1. The molecule has 14 heavy (non-hydrogen) atoms. The molecule has 0 amide bonds. The number of alkyl halides is 1. The van der Waals surface area contributed by atoms with Crippen molar-refractivity contribution in [1.82, 2.24) is 0 Å². The van der Waals surface area contributed by atoms with Crippen LogP contribution >= 0.6 is 15.9 Å². The van der Waals surface area contributed by atoms with Crippen LogP contribution in [0.5, 0.6) is 5.75 Å². The third-order valence-electron chi connectivity index (χ3n) is 2.61. The third kappa shape index (κ3) is 1.93. The van der Waals surface area contributed by atoms with Crippen LogP contribution in [-0.4, -0.2) is 23.1 Å². The number of benzene rings is 1. The minimum absolute atomic E-state index is 0.212. The zero-order valence-corrected chi connectivity index (χ0v) is 9.40. The van der Waals surface area contributed by atoms with Crippen LogP contribution in [0, 0.1) is 5.92 Å². The molecule has 1 aromatic carbocycles. The number of aliphatic hydroxyl groups is 1. The van der Waals surface area contributed by atoms with E-state index in [1.54, 1.807) is 0 Å². The topological polar surface area (TPSA) is 29.5 Å². The van der Waals surface area contributed by atoms with Crippen LogP contribution in [0.2, 0.25) is 0 Å². The fourth-order valence-corrected chi connectivity index (χ4v) is 2.25. The maximum Gasteiger partial charge on any atom is 0.122 e. The van der Waals surface area contributed by atoms with Crippen molar-refractivity contribution in [3.63, 3.8) is 0 Å². The highest BCUT2D eigenvalue weighted by Crippen LogP contribution is 2.28. The lowest BCUT2D eigenvalue weighted by Crippen LogP contribution is -2.32. The van der Waals surface area contributed by atoms with E-state index < -0.39 is 0 Å². The molecule has 0 fully saturated rings. The quantitative estimate of drug-likeness (QED) is 0.821. The molecule has 0 saturated heterocycles. The molecule has 1 aliphatic heterocycles. The van der Waals surface area contributed by atoms with E-state index >= 15 is 0 Å². The predicted molar refractivity (Wildman–Crippen MR) is 58.9 cm³/mol. The lowest BCUT2D eigenvalue weighted by atomic mass is 9.93. The van der Waals surface area contributed by atoms with Gasteiger partial charge in [-0.3, -0.25) is 0 Å². The van der Waals surface area contributed by atoms with Gasteiger partial charge in [-0.25, -0.2) is 0 Å². The summed E-state index contributed by atoms with van der Waals surface area (Å²) in [4.78, 5) is 0. The summed E-state index contributed by atoms with van der Waals surface area (Å²) in [5.74, 6) is 1.18. The molecule has 2 rings (SSSR count). The molecule has 0 aliphatic carbocycles. The molecule has 3 heteroatoms. The molecule has 2 unspecified atom stereocenters. The summed E-state index contributed by atoms with van der Waals surface area (Å²) < 4.78 is 5.58. The van der Waals surface area contributed by atoms with E-state index in [1.807, 2.05) is 18.2 Å². The van der Waals surface area contributed by atoms with Crippen LogP contribution in [0.4, 0.5) is 0 Å². The number of aliphatic hydroxyl groups excluding tert-OH is 1. The average Bonchev–Trinajstić information content (AvgIpc) is 2.27. The minimum Gasteiger partial charge on any atom is -0.493 e. The molecule has 0 radical (unpaired) electrons. The molecule has 1 aromatic rings. The van der Waals surface area contributed by atoms with E-state index in [9.17, 15) is 5.11 Å². The number of hydrogen-bond donors (Lipinski definition) is 1. The van der Waals surface area contributed by atoms with E-state index in [1.165, 1.54) is 5.56 Å². The van der Waals surface area contributed by atoms with E-state index in [2.05, 4.69) is 22.0 Å². The Labute approximate surface area is 92.0 Å². The largest absolute Gasteiger partial charge is 0.493 e. The number of para-hydroxylation sites is 1. The van der Waals surface area contributed by atoms with Gasteiger partial charge in [-0.15, -0.1) is 0 Å². The summed E-state index contributed by atoms with van der Waals surface area (Å²) in [7, 11) is 0. The first-order valence-corrected chi connectivity index (χ1v) is 5.88. The second-order valence-electron chi connectivity index (χ2n) is 3.60. The summed E-state index contributed by atoms with van der Waals surface area (Å²) in [6, 6.07) is 8.01. The van der Waals surface area contributed by atoms with Gasteiger partial charge in [0.25, 0.3) is 0 Å². The number of hydrogen-bond acceptors (Lipinski definition) is 2. The van der Waals surface area contributed by atoms with Gasteiger partial charge in [0, 0.05) is 11.2 Å². The molecule has 1 heterocycles. The lowest BCUT2D eigenvalue weighted by molar-refractivity contribution is 0.0825. The molecular formula is C11H13BrO2. The standard InChI is InChI=1S/C11H13BrO2/c12-6-10(13)9-5-8-3-1-2-4-11(8)14-7-9/h1-4,9-10,13H,5-7H2. The number of ether oxygens (including phenoxy) is 1. The maximum absolute atomic E-state index is 9.68. The average molecular weight is 257 g/mol.